The number of thioether (sulfide) groups is 1. The Balaban J connectivity index is 0.00000338. The maximum Gasteiger partial charge on any atom is 1.00 e. The molecule has 11 heteroatoms. The minimum Gasteiger partial charge on any atom is -0.806 e. The number of halogens is 4. The van der Waals surface area contributed by atoms with Crippen LogP contribution in [0.5, 0.6) is 0 Å². The molecule has 136 valence electrons. The molecule has 0 heterocycles. The van der Waals surface area contributed by atoms with Crippen LogP contribution in [-0.4, -0.2) is 0 Å². The van der Waals surface area contributed by atoms with E-state index in [1.54, 1.807) is 11.8 Å². The van der Waals surface area contributed by atoms with Crippen molar-refractivity contribution in [1.82, 2.24) is 0 Å². The summed E-state index contributed by atoms with van der Waals surface area (Å²) in [5.41, 5.74) is -3.40. The van der Waals surface area contributed by atoms with E-state index in [1.807, 2.05) is 31.2 Å². The molecule has 0 saturated heterocycles. The van der Waals surface area contributed by atoms with E-state index in [-0.39, 0.29) is 68.8 Å². The van der Waals surface area contributed by atoms with Gasteiger partial charge < -0.3 is 14.4 Å². The van der Waals surface area contributed by atoms with Crippen LogP contribution in [0.2, 0.25) is 0 Å². The minimum absolute atomic E-state index is 0. The molecule has 0 aliphatic carbocycles. The zero-order valence-corrected chi connectivity index (χ0v) is 23.8. The van der Waals surface area contributed by atoms with Crippen LogP contribution < -0.4 is 68.9 Å². The fourth-order valence-electron chi connectivity index (χ4n) is 2.09. The zero-order valence-electron chi connectivity index (χ0n) is 14.9. The van der Waals surface area contributed by atoms with Crippen molar-refractivity contribution < 1.29 is 82.2 Å². The maximum absolute atomic E-state index is 13.7. The Bertz CT molecular complexity index is 807. The van der Waals surface area contributed by atoms with Crippen LogP contribution in [0.1, 0.15) is 28.9 Å². The zero-order chi connectivity index (χ0) is 18.8. The molecule has 0 fully saturated rings. The second-order valence-electron chi connectivity index (χ2n) is 5.36. The molecule has 2 aromatic carbocycles. The van der Waals surface area contributed by atoms with Crippen molar-refractivity contribution in [1.29, 1.82) is 0 Å². The van der Waals surface area contributed by atoms with E-state index in [2.05, 4.69) is 31.9 Å². The van der Waals surface area contributed by atoms with Gasteiger partial charge in [-0.05, 0) is 36.2 Å². The first-order valence-corrected chi connectivity index (χ1v) is 11.3. The van der Waals surface area contributed by atoms with Gasteiger partial charge in [-0.1, -0.05) is 56.1 Å². The molecule has 2 aromatic rings. The van der Waals surface area contributed by atoms with E-state index in [0.29, 0.717) is 5.75 Å². The standard InChI is InChI=1S/C16H15Br2F2O3PS.2Na/c1-10(12-3-5-13(17)6-4-12)25-9-11-2-7-14(15(18)8-11)16(19,20)24(21,22)23;;/h2-8,10H,9H2,1H3,(H2,21,22,23);;/q;2*+1/p-2. The second-order valence-corrected chi connectivity index (χ2v) is 10.0. The summed E-state index contributed by atoms with van der Waals surface area (Å²) in [7, 11) is -6.08. The van der Waals surface area contributed by atoms with Crippen molar-refractivity contribution in [2.24, 2.45) is 0 Å². The predicted molar refractivity (Wildman–Crippen MR) is 99.5 cm³/mol. The number of alkyl halides is 2. The minimum atomic E-state index is -6.08. The molecular weight excluding hydrogens is 547 g/mol. The Labute approximate surface area is 222 Å². The first-order chi connectivity index (χ1) is 11.5. The van der Waals surface area contributed by atoms with Gasteiger partial charge in [-0.25, -0.2) is 0 Å². The smallest absolute Gasteiger partial charge is 0.806 e. The molecule has 1 unspecified atom stereocenters. The summed E-state index contributed by atoms with van der Waals surface area (Å²) in [5.74, 6) is 0.550. The van der Waals surface area contributed by atoms with E-state index in [4.69, 9.17) is 0 Å². The van der Waals surface area contributed by atoms with E-state index < -0.39 is 18.8 Å². The van der Waals surface area contributed by atoms with E-state index >= 15 is 0 Å². The van der Waals surface area contributed by atoms with Gasteiger partial charge >= 0.3 is 59.1 Å². The Morgan fingerprint density at radius 1 is 1.11 bits per heavy atom. The van der Waals surface area contributed by atoms with Gasteiger partial charge in [-0.3, -0.25) is 0 Å². The molecule has 2 rings (SSSR count). The molecule has 1 atom stereocenters. The van der Waals surface area contributed by atoms with Gasteiger partial charge in [-0.2, -0.15) is 8.78 Å². The SMILES string of the molecule is CC(SCc1ccc(C(F)(F)P(=O)([O-])[O-])c(Br)c1)c1ccc(Br)cc1.[Na+].[Na+]. The molecule has 0 spiro atoms. The summed E-state index contributed by atoms with van der Waals surface area (Å²) in [5, 5.41) is 0.191. The largest absolute Gasteiger partial charge is 1.00 e. The molecule has 27 heavy (non-hydrogen) atoms. The molecule has 0 aliphatic heterocycles. The van der Waals surface area contributed by atoms with Crippen molar-refractivity contribution in [3.8, 4) is 0 Å². The Kier molecular flexibility index (Phi) is 12.7. The Morgan fingerprint density at radius 2 is 1.67 bits per heavy atom. The van der Waals surface area contributed by atoms with Crippen molar-refractivity contribution in [2.45, 2.75) is 23.6 Å². The average Bonchev–Trinajstić information content (AvgIpc) is 2.52. The van der Waals surface area contributed by atoms with Crippen LogP contribution in [0.4, 0.5) is 8.78 Å². The topological polar surface area (TPSA) is 63.2 Å². The first-order valence-electron chi connectivity index (χ1n) is 7.08. The third-order valence-electron chi connectivity index (χ3n) is 3.54. The van der Waals surface area contributed by atoms with Crippen molar-refractivity contribution >= 4 is 51.2 Å². The number of benzene rings is 2. The van der Waals surface area contributed by atoms with Crippen molar-refractivity contribution in [3.63, 3.8) is 0 Å². The van der Waals surface area contributed by atoms with Gasteiger partial charge in [0.05, 0.1) is 0 Å². The second kappa shape index (κ2) is 12.0. The Hall–Kier alpha value is 1.76. The molecule has 0 saturated carbocycles. The monoisotopic (exact) mass is 558 g/mol. The molecular formula is C16H13Br2F2Na2O3PS. The average molecular weight is 560 g/mol. The van der Waals surface area contributed by atoms with Gasteiger partial charge in [0.25, 0.3) is 5.66 Å². The molecule has 0 radical (unpaired) electrons. The van der Waals surface area contributed by atoms with Gasteiger partial charge in [0.15, 0.2) is 0 Å². The van der Waals surface area contributed by atoms with Crippen LogP contribution in [0.3, 0.4) is 0 Å². The Morgan fingerprint density at radius 3 is 2.15 bits per heavy atom. The first kappa shape index (κ1) is 28.8. The number of hydrogen-bond acceptors (Lipinski definition) is 4. The summed E-state index contributed by atoms with van der Waals surface area (Å²) in [6.07, 6.45) is 0. The van der Waals surface area contributed by atoms with E-state index in [0.717, 1.165) is 21.7 Å². The predicted octanol–water partition coefficient (Wildman–Crippen LogP) is -0.823. The van der Waals surface area contributed by atoms with Crippen LogP contribution >= 0.6 is 51.2 Å². The van der Waals surface area contributed by atoms with Crippen molar-refractivity contribution in [2.75, 3.05) is 0 Å². The summed E-state index contributed by atoms with van der Waals surface area (Å²) in [6.45, 7) is 2.04. The van der Waals surface area contributed by atoms with Gasteiger partial charge in [0.2, 0.25) is 0 Å². The quantitative estimate of drug-likeness (QED) is 0.343. The van der Waals surface area contributed by atoms with Crippen LogP contribution in [0, 0.1) is 0 Å². The summed E-state index contributed by atoms with van der Waals surface area (Å²) >= 11 is 7.93. The summed E-state index contributed by atoms with van der Waals surface area (Å²) in [6, 6.07) is 11.7. The van der Waals surface area contributed by atoms with E-state index in [1.165, 1.54) is 12.1 Å². The summed E-state index contributed by atoms with van der Waals surface area (Å²) < 4.78 is 39.1. The third-order valence-corrected chi connectivity index (χ3v) is 6.93. The van der Waals surface area contributed by atoms with Crippen LogP contribution in [-0.2, 0) is 16.0 Å². The summed E-state index contributed by atoms with van der Waals surface area (Å²) in [4.78, 5) is 21.6. The van der Waals surface area contributed by atoms with Gasteiger partial charge in [-0.15, -0.1) is 11.8 Å². The van der Waals surface area contributed by atoms with Gasteiger partial charge in [0.1, 0.15) is 0 Å². The third kappa shape index (κ3) is 7.75. The number of rotatable bonds is 6. The molecule has 3 nitrogen and oxygen atoms in total. The molecule has 0 amide bonds. The fourth-order valence-corrected chi connectivity index (χ4v) is 4.65. The number of hydrogen-bond donors (Lipinski definition) is 0. The van der Waals surface area contributed by atoms with Crippen molar-refractivity contribution in [3.05, 3.63) is 68.1 Å². The van der Waals surface area contributed by atoms with Crippen LogP contribution in [0.25, 0.3) is 0 Å². The normalized spacial score (nSPS) is 12.7. The molecule has 0 aromatic heterocycles. The molecule has 0 N–H and O–H groups in total. The molecule has 0 bridgehead atoms. The van der Waals surface area contributed by atoms with Gasteiger partial charge in [0, 0.05) is 33.1 Å². The van der Waals surface area contributed by atoms with Crippen LogP contribution in [0.15, 0.2) is 51.4 Å². The fraction of sp³-hybridized carbons (Fsp3) is 0.250. The van der Waals surface area contributed by atoms with E-state index in [9.17, 15) is 23.1 Å². The maximum atomic E-state index is 13.7. The molecule has 0 aliphatic rings.